The van der Waals surface area contributed by atoms with E-state index in [1.165, 1.54) is 5.57 Å². The van der Waals surface area contributed by atoms with Gasteiger partial charge in [0, 0.05) is 31.6 Å². The molecule has 1 saturated heterocycles. The zero-order chi connectivity index (χ0) is 22.5. The van der Waals surface area contributed by atoms with Gasteiger partial charge in [0.25, 0.3) is 0 Å². The molecular weight excluding hydrogens is 422 g/mol. The van der Waals surface area contributed by atoms with Crippen LogP contribution in [0.5, 0.6) is 0 Å². The van der Waals surface area contributed by atoms with E-state index >= 15 is 0 Å². The number of carbonyl (C=O) groups is 2. The summed E-state index contributed by atoms with van der Waals surface area (Å²) in [7, 11) is 0. The fraction of sp³-hybridized carbons (Fsp3) is 0.542. The van der Waals surface area contributed by atoms with E-state index in [1.807, 2.05) is 17.4 Å². The summed E-state index contributed by atoms with van der Waals surface area (Å²) in [6, 6.07) is 8.43. The lowest BCUT2D eigenvalue weighted by molar-refractivity contribution is -0.116. The summed E-state index contributed by atoms with van der Waals surface area (Å²) in [5.41, 5.74) is 13.6. The summed E-state index contributed by atoms with van der Waals surface area (Å²) in [6.07, 6.45) is 9.26. The van der Waals surface area contributed by atoms with Crippen LogP contribution in [-0.4, -0.2) is 53.6 Å². The minimum Gasteiger partial charge on any atom is -0.333 e. The minimum atomic E-state index is -0.0145. The highest BCUT2D eigenvalue weighted by molar-refractivity contribution is 7.99. The standard InChI is InChI=1S/C24H33N5O2S/c1-32-15-18(30)5-4-12-29-23-20-14-26-28-22(17-10-8-16(13-25)9-11-17)19(20)6-2-3-7-21(23)27-24(29)31/h8-11,14,20-21,23,28H,2-7,12-13,15,25H2,1H3,(H,27,31)/t20?,21-,23?/m1/s1. The molecule has 0 bridgehead atoms. The van der Waals surface area contributed by atoms with Gasteiger partial charge in [-0.05, 0) is 48.6 Å². The third-order valence-corrected chi connectivity index (χ3v) is 7.30. The Morgan fingerprint density at radius 2 is 2.09 bits per heavy atom. The summed E-state index contributed by atoms with van der Waals surface area (Å²) in [6.45, 7) is 1.12. The van der Waals surface area contributed by atoms with Crippen molar-refractivity contribution in [3.8, 4) is 0 Å². The number of urea groups is 1. The lowest BCUT2D eigenvalue weighted by atomic mass is 9.78. The van der Waals surface area contributed by atoms with E-state index in [0.717, 1.165) is 42.5 Å². The van der Waals surface area contributed by atoms with Gasteiger partial charge in [-0.3, -0.25) is 10.2 Å². The molecule has 7 nitrogen and oxygen atoms in total. The predicted octanol–water partition coefficient (Wildman–Crippen LogP) is 3.11. The van der Waals surface area contributed by atoms with Gasteiger partial charge < -0.3 is 16.0 Å². The number of nitrogens with two attached hydrogens (primary N) is 1. The van der Waals surface area contributed by atoms with Gasteiger partial charge in [-0.2, -0.15) is 16.9 Å². The molecule has 3 aliphatic rings. The highest BCUT2D eigenvalue weighted by Gasteiger charge is 2.45. The third-order valence-electron chi connectivity index (χ3n) is 6.69. The zero-order valence-electron chi connectivity index (χ0n) is 18.7. The Morgan fingerprint density at radius 1 is 1.28 bits per heavy atom. The number of nitrogens with zero attached hydrogens (tertiary/aromatic N) is 2. The third kappa shape index (κ3) is 4.86. The average molecular weight is 456 g/mol. The van der Waals surface area contributed by atoms with Crippen LogP contribution in [0, 0.1) is 5.92 Å². The van der Waals surface area contributed by atoms with Crippen LogP contribution in [0.2, 0.25) is 0 Å². The van der Waals surface area contributed by atoms with Crippen LogP contribution >= 0.6 is 11.8 Å². The number of benzene rings is 1. The Labute approximate surface area is 194 Å². The van der Waals surface area contributed by atoms with Gasteiger partial charge in [-0.25, -0.2) is 4.79 Å². The Hall–Kier alpha value is -2.32. The molecule has 1 aromatic rings. The number of Topliss-reactive ketones (excluding diaryl/α,β-unsaturated/α-hetero) is 1. The van der Waals surface area contributed by atoms with Crippen molar-refractivity contribution < 1.29 is 9.59 Å². The van der Waals surface area contributed by atoms with Crippen molar-refractivity contribution in [2.45, 2.75) is 57.2 Å². The molecule has 0 radical (unpaired) electrons. The molecule has 4 N–H and O–H groups in total. The molecule has 32 heavy (non-hydrogen) atoms. The number of rotatable bonds is 8. The van der Waals surface area contributed by atoms with Crippen molar-refractivity contribution in [3.63, 3.8) is 0 Å². The van der Waals surface area contributed by atoms with E-state index in [2.05, 4.69) is 40.1 Å². The molecule has 4 rings (SSSR count). The lowest BCUT2D eigenvalue weighted by Gasteiger charge is -2.37. The molecule has 2 fully saturated rings. The van der Waals surface area contributed by atoms with Gasteiger partial charge in [0.1, 0.15) is 5.78 Å². The van der Waals surface area contributed by atoms with Crippen LogP contribution in [0.4, 0.5) is 4.79 Å². The van der Waals surface area contributed by atoms with Crippen molar-refractivity contribution >= 4 is 35.5 Å². The molecule has 2 heterocycles. The molecule has 3 atom stereocenters. The number of amides is 2. The van der Waals surface area contributed by atoms with Crippen molar-refractivity contribution in [2.24, 2.45) is 16.8 Å². The molecule has 0 aromatic heterocycles. The first-order valence-corrected chi connectivity index (χ1v) is 12.9. The van der Waals surface area contributed by atoms with Crippen molar-refractivity contribution in [3.05, 3.63) is 41.0 Å². The first kappa shape index (κ1) is 22.9. The molecule has 1 aromatic carbocycles. The van der Waals surface area contributed by atoms with Crippen LogP contribution in [0.1, 0.15) is 49.7 Å². The minimum absolute atomic E-state index is 0.0145. The Morgan fingerprint density at radius 3 is 2.84 bits per heavy atom. The first-order valence-electron chi connectivity index (χ1n) is 11.5. The van der Waals surface area contributed by atoms with Gasteiger partial charge in [0.15, 0.2) is 0 Å². The molecule has 1 aliphatic carbocycles. The summed E-state index contributed by atoms with van der Waals surface area (Å²) in [4.78, 5) is 26.8. The number of carbonyl (C=O) groups excluding carboxylic acids is 2. The Balaban J connectivity index is 1.60. The summed E-state index contributed by atoms with van der Waals surface area (Å²) in [5.74, 6) is 0.850. The van der Waals surface area contributed by atoms with E-state index in [-0.39, 0.29) is 29.8 Å². The summed E-state index contributed by atoms with van der Waals surface area (Å²) < 4.78 is 0. The van der Waals surface area contributed by atoms with Crippen LogP contribution in [0.25, 0.3) is 5.70 Å². The molecule has 1 saturated carbocycles. The summed E-state index contributed by atoms with van der Waals surface area (Å²) in [5, 5.41) is 7.73. The lowest BCUT2D eigenvalue weighted by Crippen LogP contribution is -2.47. The van der Waals surface area contributed by atoms with Crippen molar-refractivity contribution in [2.75, 3.05) is 18.6 Å². The SMILES string of the molecule is CSCC(=O)CCCN1C(=O)N[C@@H]2CCCCC3=C(c4ccc(CN)cc4)NN=CC3C21. The van der Waals surface area contributed by atoms with E-state index in [9.17, 15) is 9.59 Å². The highest BCUT2D eigenvalue weighted by atomic mass is 32.2. The quantitative estimate of drug-likeness (QED) is 0.559. The van der Waals surface area contributed by atoms with E-state index in [0.29, 0.717) is 31.7 Å². The van der Waals surface area contributed by atoms with Gasteiger partial charge in [0.2, 0.25) is 0 Å². The number of hydrogen-bond acceptors (Lipinski definition) is 6. The average Bonchev–Trinajstić information content (AvgIpc) is 3.09. The second-order valence-electron chi connectivity index (χ2n) is 8.78. The van der Waals surface area contributed by atoms with Crippen LogP contribution in [-0.2, 0) is 11.3 Å². The van der Waals surface area contributed by atoms with Crippen molar-refractivity contribution in [1.82, 2.24) is 15.6 Å². The zero-order valence-corrected chi connectivity index (χ0v) is 19.5. The molecule has 2 aliphatic heterocycles. The second kappa shape index (κ2) is 10.5. The topological polar surface area (TPSA) is 99.8 Å². The van der Waals surface area contributed by atoms with Crippen LogP contribution in [0.3, 0.4) is 0 Å². The smallest absolute Gasteiger partial charge is 0.318 e. The fourth-order valence-electron chi connectivity index (χ4n) is 5.13. The molecule has 2 unspecified atom stereocenters. The Kier molecular flexibility index (Phi) is 7.52. The number of nitrogens with one attached hydrogen (secondary N) is 2. The summed E-state index contributed by atoms with van der Waals surface area (Å²) >= 11 is 1.55. The molecule has 8 heteroatoms. The number of hydrazone groups is 1. The van der Waals surface area contributed by atoms with E-state index in [4.69, 9.17) is 5.73 Å². The predicted molar refractivity (Wildman–Crippen MR) is 130 cm³/mol. The normalized spacial score (nSPS) is 24.9. The first-order chi connectivity index (χ1) is 15.6. The van der Waals surface area contributed by atoms with Gasteiger partial charge in [-0.1, -0.05) is 30.7 Å². The Bertz CT molecular complexity index is 898. The number of ketones is 1. The number of fused-ring (bicyclic) bond motifs is 3. The fourth-order valence-corrected chi connectivity index (χ4v) is 5.60. The second-order valence-corrected chi connectivity index (χ2v) is 9.64. The van der Waals surface area contributed by atoms with Gasteiger partial charge in [-0.15, -0.1) is 0 Å². The van der Waals surface area contributed by atoms with E-state index < -0.39 is 0 Å². The van der Waals surface area contributed by atoms with Crippen LogP contribution in [0.15, 0.2) is 34.9 Å². The van der Waals surface area contributed by atoms with Crippen LogP contribution < -0.4 is 16.5 Å². The number of thioether (sulfide) groups is 1. The largest absolute Gasteiger partial charge is 0.333 e. The number of hydrogen-bond donors (Lipinski definition) is 3. The maximum Gasteiger partial charge on any atom is 0.318 e. The van der Waals surface area contributed by atoms with Gasteiger partial charge in [0.05, 0.1) is 23.5 Å². The maximum absolute atomic E-state index is 12.9. The monoisotopic (exact) mass is 455 g/mol. The molecule has 2 amide bonds. The maximum atomic E-state index is 12.9. The molecule has 0 spiro atoms. The molecule has 172 valence electrons. The highest BCUT2D eigenvalue weighted by Crippen LogP contribution is 2.38. The van der Waals surface area contributed by atoms with Gasteiger partial charge >= 0.3 is 6.03 Å². The molecular formula is C24H33N5O2S. The van der Waals surface area contributed by atoms with Crippen molar-refractivity contribution in [1.29, 1.82) is 0 Å². The van der Waals surface area contributed by atoms with E-state index in [1.54, 1.807) is 11.8 Å².